The summed E-state index contributed by atoms with van der Waals surface area (Å²) in [6, 6.07) is 25.0. The average Bonchev–Trinajstić information content (AvgIpc) is 3.91. The second kappa shape index (κ2) is 17.8. The Kier molecular flexibility index (Phi) is 8.60. The molecule has 0 aliphatic carbocycles. The Hall–Kier alpha value is -6.26. The highest BCUT2D eigenvalue weighted by Gasteiger charge is 2.27. The fourth-order valence-corrected chi connectivity index (χ4v) is 8.71. The molecule has 2 heterocycles. The number of aromatic hydroxyl groups is 1. The Balaban J connectivity index is 1.44. The summed E-state index contributed by atoms with van der Waals surface area (Å²) in [5, 5.41) is 12.4. The van der Waals surface area contributed by atoms with E-state index in [9.17, 15) is 10.6 Å². The normalized spacial score (nSPS) is 16.1. The quantitative estimate of drug-likeness (QED) is 0.157. The van der Waals surface area contributed by atoms with Gasteiger partial charge in [0.25, 0.3) is 0 Å². The van der Waals surface area contributed by atoms with Crippen molar-refractivity contribution in [1.29, 1.82) is 0 Å². The molecule has 0 fully saturated rings. The number of rotatable bonds is 9. The first-order chi connectivity index (χ1) is 37.2. The van der Waals surface area contributed by atoms with Gasteiger partial charge < -0.3 is 5.11 Å². The first-order valence-corrected chi connectivity index (χ1v) is 23.1. The van der Waals surface area contributed by atoms with Crippen molar-refractivity contribution >= 4 is 11.0 Å². The lowest BCUT2D eigenvalue weighted by Gasteiger charge is -2.25. The summed E-state index contributed by atoms with van der Waals surface area (Å²) in [6.45, 7) is 18.8. The maximum Gasteiger partial charge on any atom is 0.149 e. The molecule has 8 rings (SSSR count). The minimum absolute atomic E-state index is 0.0434. The van der Waals surface area contributed by atoms with E-state index in [1.54, 1.807) is 6.07 Å². The fourth-order valence-electron chi connectivity index (χ4n) is 8.71. The van der Waals surface area contributed by atoms with Crippen LogP contribution in [0.5, 0.6) is 5.75 Å². The van der Waals surface area contributed by atoms with Gasteiger partial charge in [-0.05, 0) is 144 Å². The Morgan fingerprint density at radius 1 is 0.597 bits per heavy atom. The number of para-hydroxylation sites is 1. The summed E-state index contributed by atoms with van der Waals surface area (Å²) in [4.78, 5) is 9.96. The molecule has 344 valence electrons. The number of fused-ring (bicyclic) bond motifs is 1. The van der Waals surface area contributed by atoms with Crippen LogP contribution in [0.2, 0.25) is 0 Å². The van der Waals surface area contributed by atoms with Crippen LogP contribution in [0, 0.1) is 0 Å². The summed E-state index contributed by atoms with van der Waals surface area (Å²) in [7, 11) is 0. The van der Waals surface area contributed by atoms with Gasteiger partial charge in [-0.15, -0.1) is 0 Å². The number of benzene rings is 6. The van der Waals surface area contributed by atoms with Gasteiger partial charge in [0.05, 0.1) is 31.9 Å². The number of imidazole rings is 1. The van der Waals surface area contributed by atoms with Crippen molar-refractivity contribution < 1.29 is 24.3 Å². The fraction of sp³-hybridized carbons (Fsp3) is 0.333. The minimum atomic E-state index is -3.31. The van der Waals surface area contributed by atoms with Crippen LogP contribution in [0.15, 0.2) is 133 Å². The van der Waals surface area contributed by atoms with E-state index in [1.807, 2.05) is 120 Å². The molecule has 1 N–H and O–H groups in total. The van der Waals surface area contributed by atoms with E-state index in [0.717, 1.165) is 45.9 Å². The summed E-state index contributed by atoms with van der Waals surface area (Å²) in [6.07, 6.45) is -0.646. The second-order valence-corrected chi connectivity index (χ2v) is 20.9. The molecule has 8 aromatic rings. The molecule has 0 aliphatic heterocycles. The monoisotopic (exact) mass is 900 g/mol. The SMILES string of the molecule is [2H]c1nc(-c2cc(-c3cccc4c3nc(-c3cc(C(C)C)cc(C(C)C)c3O)n4-c3ccc(-c4ccccc4C(C)(C)C)c(C([2H])(C)C)c3)cc(C(C)(C)C)c2)c([2H])c(-c2c([2H])c([2H])c(C(C)(C([2H])([2H])[2H])C([2H])([2H])[2H])c([2H])c2[2H])c1[2H]. The standard InChI is InChI=1S/C63H71N3O/c1-38(2)43-34-53(40(5)6)59(67)54(35-43)60-65-58-49(20-18-22-57(58)66(60)48-27-28-50(52(37-48)39(3)4)51-19-16-17-21-55(51)63(13,14)15)44-31-45(33-47(32-44)62(10,11)12)56-36-42(29-30-64-56)41-23-25-46(26-24-41)61(7,8)9/h16-40,67H,1-15H3/i7D3,8D3,23D,24D,25D,26D,29D,30D,36D,39D. The van der Waals surface area contributed by atoms with Gasteiger partial charge in [-0.2, -0.15) is 0 Å². The van der Waals surface area contributed by atoms with Gasteiger partial charge in [-0.25, -0.2) is 4.98 Å². The molecule has 4 nitrogen and oxygen atoms in total. The number of phenolic OH excluding ortho intramolecular Hbond substituents is 1. The van der Waals surface area contributed by atoms with Crippen LogP contribution in [0.1, 0.15) is 174 Å². The van der Waals surface area contributed by atoms with Gasteiger partial charge >= 0.3 is 0 Å². The van der Waals surface area contributed by atoms with Gasteiger partial charge in [0.1, 0.15) is 11.6 Å². The van der Waals surface area contributed by atoms with Crippen LogP contribution in [0.25, 0.3) is 72.7 Å². The lowest BCUT2D eigenvalue weighted by Crippen LogP contribution is -2.13. The van der Waals surface area contributed by atoms with Crippen molar-refractivity contribution in [2.24, 2.45) is 0 Å². The third-order valence-corrected chi connectivity index (χ3v) is 12.6. The van der Waals surface area contributed by atoms with Crippen molar-refractivity contribution in [2.45, 2.75) is 138 Å². The molecular formula is C63H71N3O. The topological polar surface area (TPSA) is 50.9 Å². The molecule has 0 unspecified atom stereocenters. The number of phenols is 1. The first-order valence-electron chi connectivity index (χ1n) is 30.1. The number of hydrogen-bond donors (Lipinski definition) is 1. The predicted octanol–water partition coefficient (Wildman–Crippen LogP) is 17.7. The molecule has 0 saturated heterocycles. The van der Waals surface area contributed by atoms with E-state index in [0.29, 0.717) is 44.8 Å². The van der Waals surface area contributed by atoms with Crippen molar-refractivity contribution in [3.05, 3.63) is 167 Å². The molecule has 0 amide bonds. The Bertz CT molecular complexity index is 3770. The van der Waals surface area contributed by atoms with E-state index in [-0.39, 0.29) is 28.7 Å². The van der Waals surface area contributed by atoms with Crippen LogP contribution in [0.3, 0.4) is 0 Å². The molecule has 0 bridgehead atoms. The lowest BCUT2D eigenvalue weighted by molar-refractivity contribution is 0.466. The summed E-state index contributed by atoms with van der Waals surface area (Å²) >= 11 is 0. The largest absolute Gasteiger partial charge is 0.507 e. The Morgan fingerprint density at radius 3 is 1.96 bits per heavy atom. The Labute approximate surface area is 420 Å². The van der Waals surface area contributed by atoms with Crippen molar-refractivity contribution in [3.63, 3.8) is 0 Å². The average molecular weight is 900 g/mol. The van der Waals surface area contributed by atoms with E-state index >= 15 is 0 Å². The van der Waals surface area contributed by atoms with Crippen molar-refractivity contribution in [1.82, 2.24) is 14.5 Å². The van der Waals surface area contributed by atoms with Crippen molar-refractivity contribution in [2.75, 3.05) is 0 Å². The second-order valence-electron chi connectivity index (χ2n) is 20.9. The molecule has 0 aliphatic rings. The van der Waals surface area contributed by atoms with E-state index in [4.69, 9.17) is 18.7 Å². The molecule has 4 heteroatoms. The van der Waals surface area contributed by atoms with Gasteiger partial charge in [-0.3, -0.25) is 9.55 Å². The highest BCUT2D eigenvalue weighted by atomic mass is 16.3. The van der Waals surface area contributed by atoms with Gasteiger partial charge in [-0.1, -0.05) is 182 Å². The van der Waals surface area contributed by atoms with Crippen LogP contribution in [0.4, 0.5) is 0 Å². The maximum atomic E-state index is 12.4. The summed E-state index contributed by atoms with van der Waals surface area (Å²) in [5.41, 5.74) is 4.83. The molecule has 6 aromatic carbocycles. The van der Waals surface area contributed by atoms with Gasteiger partial charge in [0, 0.05) is 32.6 Å². The van der Waals surface area contributed by atoms with Crippen LogP contribution < -0.4 is 0 Å². The first kappa shape index (κ1) is 32.4. The third-order valence-electron chi connectivity index (χ3n) is 12.6. The predicted molar refractivity (Wildman–Crippen MR) is 286 cm³/mol. The molecular weight excluding hydrogens is 815 g/mol. The van der Waals surface area contributed by atoms with Gasteiger partial charge in [0.15, 0.2) is 0 Å². The van der Waals surface area contributed by atoms with Crippen molar-refractivity contribution in [3.8, 4) is 67.5 Å². The molecule has 0 atom stereocenters. The van der Waals surface area contributed by atoms with Crippen LogP contribution in [-0.4, -0.2) is 19.6 Å². The highest BCUT2D eigenvalue weighted by Crippen LogP contribution is 2.45. The van der Waals surface area contributed by atoms with Crippen LogP contribution >= 0.6 is 0 Å². The van der Waals surface area contributed by atoms with E-state index in [1.165, 1.54) is 0 Å². The number of pyridine rings is 1. The summed E-state index contributed by atoms with van der Waals surface area (Å²) in [5.74, 6) is -0.474. The summed E-state index contributed by atoms with van der Waals surface area (Å²) < 4.78 is 125. The minimum Gasteiger partial charge on any atom is -0.507 e. The molecule has 67 heavy (non-hydrogen) atoms. The van der Waals surface area contributed by atoms with Gasteiger partial charge in [0.2, 0.25) is 0 Å². The third kappa shape index (κ3) is 9.38. The molecule has 0 radical (unpaired) electrons. The zero-order valence-corrected chi connectivity index (χ0v) is 41.1. The Morgan fingerprint density at radius 2 is 1.30 bits per heavy atom. The van der Waals surface area contributed by atoms with E-state index < -0.39 is 89.5 Å². The van der Waals surface area contributed by atoms with Crippen LogP contribution in [-0.2, 0) is 16.2 Å². The number of nitrogens with zero attached hydrogens (tertiary/aromatic N) is 3. The molecule has 2 aromatic heterocycles. The zero-order chi connectivity index (χ0) is 60.3. The highest BCUT2D eigenvalue weighted by molar-refractivity contribution is 5.97. The smallest absolute Gasteiger partial charge is 0.149 e. The lowest BCUT2D eigenvalue weighted by atomic mass is 9.80. The molecule has 0 spiro atoms. The maximum absolute atomic E-state index is 12.4. The number of hydrogen-bond acceptors (Lipinski definition) is 3. The van der Waals surface area contributed by atoms with E-state index in [2.05, 4.69) is 57.8 Å². The number of aromatic nitrogens is 3. The zero-order valence-electron chi connectivity index (χ0n) is 55.1. The molecule has 0 saturated carbocycles.